The molecule has 0 atom stereocenters. The quantitative estimate of drug-likeness (QED) is 0.530. The van der Waals surface area contributed by atoms with Crippen molar-refractivity contribution in [3.63, 3.8) is 0 Å². The molecular formula is C12H14AlN. The van der Waals surface area contributed by atoms with Gasteiger partial charge in [-0.25, -0.2) is 0 Å². The van der Waals surface area contributed by atoms with Gasteiger partial charge in [-0.1, -0.05) is 30.3 Å². The van der Waals surface area contributed by atoms with E-state index >= 15 is 0 Å². The molecule has 0 unspecified atom stereocenters. The molecule has 14 heavy (non-hydrogen) atoms. The SMILES string of the molecule is C=CCc1ccc2ccccc2n1.[AlH3]. The van der Waals surface area contributed by atoms with Crippen LogP contribution in [0.3, 0.4) is 0 Å². The summed E-state index contributed by atoms with van der Waals surface area (Å²) in [6.07, 6.45) is 2.71. The third-order valence-corrected chi connectivity index (χ3v) is 2.01. The van der Waals surface area contributed by atoms with Crippen LogP contribution in [0.25, 0.3) is 10.9 Å². The summed E-state index contributed by atoms with van der Waals surface area (Å²) >= 11 is 0. The lowest BCUT2D eigenvalue weighted by molar-refractivity contribution is 1.15. The minimum atomic E-state index is 0. The highest BCUT2D eigenvalue weighted by molar-refractivity contribution is 5.78. The van der Waals surface area contributed by atoms with Gasteiger partial charge in [0.05, 0.1) is 5.52 Å². The topological polar surface area (TPSA) is 12.9 Å². The Morgan fingerprint density at radius 3 is 2.71 bits per heavy atom. The maximum atomic E-state index is 4.49. The predicted octanol–water partition coefficient (Wildman–Crippen LogP) is 1.78. The first-order valence-electron chi connectivity index (χ1n) is 4.36. The van der Waals surface area contributed by atoms with E-state index < -0.39 is 0 Å². The maximum Gasteiger partial charge on any atom is 0.187 e. The molecule has 0 aliphatic carbocycles. The van der Waals surface area contributed by atoms with E-state index in [9.17, 15) is 0 Å². The summed E-state index contributed by atoms with van der Waals surface area (Å²) < 4.78 is 0. The highest BCUT2D eigenvalue weighted by atomic mass is 27.0. The number of benzene rings is 1. The van der Waals surface area contributed by atoms with E-state index in [1.807, 2.05) is 30.3 Å². The summed E-state index contributed by atoms with van der Waals surface area (Å²) in [5, 5.41) is 1.19. The van der Waals surface area contributed by atoms with Gasteiger partial charge in [0.25, 0.3) is 0 Å². The van der Waals surface area contributed by atoms with Crippen LogP contribution in [-0.4, -0.2) is 22.3 Å². The van der Waals surface area contributed by atoms with Crippen molar-refractivity contribution in [2.45, 2.75) is 6.42 Å². The maximum absolute atomic E-state index is 4.49. The molecule has 0 radical (unpaired) electrons. The van der Waals surface area contributed by atoms with E-state index in [-0.39, 0.29) is 17.4 Å². The third-order valence-electron chi connectivity index (χ3n) is 2.01. The Bertz CT molecular complexity index is 437. The summed E-state index contributed by atoms with van der Waals surface area (Å²) in [7, 11) is 0. The molecule has 1 aromatic carbocycles. The molecule has 1 nitrogen and oxygen atoms in total. The van der Waals surface area contributed by atoms with Crippen LogP contribution in [0, 0.1) is 0 Å². The van der Waals surface area contributed by atoms with Crippen LogP contribution in [0.1, 0.15) is 5.69 Å². The molecule has 0 bridgehead atoms. The Kier molecular flexibility index (Phi) is 3.88. The Hall–Kier alpha value is -1.10. The van der Waals surface area contributed by atoms with Crippen LogP contribution >= 0.6 is 0 Å². The van der Waals surface area contributed by atoms with Crippen molar-refractivity contribution in [1.29, 1.82) is 0 Å². The number of rotatable bonds is 2. The normalized spacial score (nSPS) is 9.43. The molecule has 0 aliphatic heterocycles. The first kappa shape index (κ1) is 11.0. The summed E-state index contributed by atoms with van der Waals surface area (Å²) in [6.45, 7) is 3.70. The molecule has 0 N–H and O–H groups in total. The number of hydrogen-bond donors (Lipinski definition) is 0. The second kappa shape index (κ2) is 4.95. The van der Waals surface area contributed by atoms with Gasteiger partial charge in [-0.2, -0.15) is 0 Å². The fourth-order valence-corrected chi connectivity index (χ4v) is 1.37. The van der Waals surface area contributed by atoms with E-state index in [4.69, 9.17) is 0 Å². The van der Waals surface area contributed by atoms with Crippen LogP contribution in [0.2, 0.25) is 0 Å². The van der Waals surface area contributed by atoms with Crippen molar-refractivity contribution in [2.75, 3.05) is 0 Å². The predicted molar refractivity (Wildman–Crippen MR) is 65.6 cm³/mol. The van der Waals surface area contributed by atoms with Crippen molar-refractivity contribution in [2.24, 2.45) is 0 Å². The smallest absolute Gasteiger partial charge is 0.187 e. The van der Waals surface area contributed by atoms with Gasteiger partial charge in [0.2, 0.25) is 0 Å². The van der Waals surface area contributed by atoms with Gasteiger partial charge in [-0.3, -0.25) is 4.98 Å². The molecule has 0 saturated carbocycles. The first-order chi connectivity index (χ1) is 6.40. The molecule has 1 heterocycles. The molecule has 2 aromatic rings. The summed E-state index contributed by atoms with van der Waals surface area (Å²) in [5.74, 6) is 0. The molecular weight excluding hydrogens is 185 g/mol. The van der Waals surface area contributed by atoms with Gasteiger partial charge in [-0.15, -0.1) is 6.58 Å². The van der Waals surface area contributed by atoms with Crippen molar-refractivity contribution in [3.8, 4) is 0 Å². The van der Waals surface area contributed by atoms with Crippen LogP contribution < -0.4 is 0 Å². The molecule has 0 amide bonds. The summed E-state index contributed by atoms with van der Waals surface area (Å²) in [5.41, 5.74) is 2.13. The Morgan fingerprint density at radius 2 is 1.93 bits per heavy atom. The van der Waals surface area contributed by atoms with Crippen LogP contribution in [0.5, 0.6) is 0 Å². The van der Waals surface area contributed by atoms with Crippen molar-refractivity contribution >= 4 is 28.3 Å². The van der Waals surface area contributed by atoms with E-state index in [1.165, 1.54) is 5.39 Å². The lowest BCUT2D eigenvalue weighted by Crippen LogP contribution is -1.87. The lowest BCUT2D eigenvalue weighted by Gasteiger charge is -1.99. The molecule has 0 spiro atoms. The fraction of sp³-hybridized carbons (Fsp3) is 0.0833. The number of nitrogens with zero attached hydrogens (tertiary/aromatic N) is 1. The first-order valence-corrected chi connectivity index (χ1v) is 4.36. The Morgan fingerprint density at radius 1 is 1.14 bits per heavy atom. The zero-order chi connectivity index (χ0) is 9.10. The fourth-order valence-electron chi connectivity index (χ4n) is 1.37. The van der Waals surface area contributed by atoms with Gasteiger partial charge in [0, 0.05) is 17.5 Å². The molecule has 0 fully saturated rings. The zero-order valence-electron chi connectivity index (χ0n) is 7.40. The molecule has 0 aliphatic rings. The highest BCUT2D eigenvalue weighted by Gasteiger charge is 1.94. The number of allylic oxidation sites excluding steroid dienone is 1. The standard InChI is InChI=1S/C12H11N.Al.3H/c1-2-5-11-9-8-10-6-3-4-7-12(10)13-11;;;;/h2-4,6-9H,1,5H2;;;;. The van der Waals surface area contributed by atoms with E-state index in [1.54, 1.807) is 0 Å². The van der Waals surface area contributed by atoms with Gasteiger partial charge in [-0.05, 0) is 12.1 Å². The number of fused-ring (bicyclic) bond motifs is 1. The number of pyridine rings is 1. The minimum absolute atomic E-state index is 0. The second-order valence-corrected chi connectivity index (χ2v) is 2.99. The largest absolute Gasteiger partial charge is 0.253 e. The van der Waals surface area contributed by atoms with Crippen LogP contribution in [0.4, 0.5) is 0 Å². The highest BCUT2D eigenvalue weighted by Crippen LogP contribution is 2.11. The van der Waals surface area contributed by atoms with E-state index in [0.717, 1.165) is 17.6 Å². The second-order valence-electron chi connectivity index (χ2n) is 2.99. The Labute approximate surface area is 94.6 Å². The number of aromatic nitrogens is 1. The van der Waals surface area contributed by atoms with E-state index in [0.29, 0.717) is 0 Å². The molecule has 1 aromatic heterocycles. The van der Waals surface area contributed by atoms with Gasteiger partial charge >= 0.3 is 0 Å². The molecule has 2 rings (SSSR count). The van der Waals surface area contributed by atoms with Gasteiger partial charge < -0.3 is 0 Å². The van der Waals surface area contributed by atoms with Gasteiger partial charge in [0.15, 0.2) is 17.4 Å². The summed E-state index contributed by atoms with van der Waals surface area (Å²) in [6, 6.07) is 12.3. The average Bonchev–Trinajstić information content (AvgIpc) is 2.18. The Balaban J connectivity index is 0.000000980. The van der Waals surface area contributed by atoms with Crippen LogP contribution in [0.15, 0.2) is 49.1 Å². The number of para-hydroxylation sites is 1. The lowest BCUT2D eigenvalue weighted by atomic mass is 10.2. The molecule has 70 valence electrons. The summed E-state index contributed by atoms with van der Waals surface area (Å²) in [4.78, 5) is 4.49. The van der Waals surface area contributed by atoms with Crippen LogP contribution in [-0.2, 0) is 6.42 Å². The average molecular weight is 199 g/mol. The monoisotopic (exact) mass is 199 g/mol. The zero-order valence-corrected chi connectivity index (χ0v) is 7.40. The third kappa shape index (κ3) is 2.23. The van der Waals surface area contributed by atoms with Crippen molar-refractivity contribution in [1.82, 2.24) is 4.98 Å². The molecule has 0 saturated heterocycles. The molecule has 2 heteroatoms. The number of hydrogen-bond acceptors (Lipinski definition) is 1. The van der Waals surface area contributed by atoms with Crippen molar-refractivity contribution in [3.05, 3.63) is 54.7 Å². The van der Waals surface area contributed by atoms with Gasteiger partial charge in [0.1, 0.15) is 0 Å². The van der Waals surface area contributed by atoms with E-state index in [2.05, 4.69) is 23.7 Å². The van der Waals surface area contributed by atoms with Crippen molar-refractivity contribution < 1.29 is 0 Å². The minimum Gasteiger partial charge on any atom is -0.253 e.